The van der Waals surface area contributed by atoms with E-state index in [1.165, 1.54) is 16.7 Å². The van der Waals surface area contributed by atoms with Gasteiger partial charge in [0, 0.05) is 12.1 Å². The normalized spacial score (nSPS) is 13.1. The largest absolute Gasteiger partial charge is 0.326 e. The highest BCUT2D eigenvalue weighted by Gasteiger charge is 2.19. The summed E-state index contributed by atoms with van der Waals surface area (Å²) in [7, 11) is 0. The lowest BCUT2D eigenvalue weighted by Crippen LogP contribution is -2.28. The van der Waals surface area contributed by atoms with Gasteiger partial charge in [0.2, 0.25) is 11.8 Å². The van der Waals surface area contributed by atoms with Crippen molar-refractivity contribution >= 4 is 34.2 Å². The van der Waals surface area contributed by atoms with E-state index in [-0.39, 0.29) is 18.1 Å². The number of rotatable bonds is 3. The monoisotopic (exact) mass is 366 g/mol. The van der Waals surface area contributed by atoms with Crippen LogP contribution in [0.4, 0.5) is 15.8 Å². The number of para-hydroxylation sites is 2. The number of carbonyl (C=O) groups is 2. The van der Waals surface area contributed by atoms with E-state index in [1.807, 2.05) is 0 Å². The Morgan fingerprint density at radius 2 is 2.04 bits per heavy atom. The fraction of sp³-hybridized carbons (Fsp3) is 0.158. The van der Waals surface area contributed by atoms with Crippen LogP contribution in [0.1, 0.15) is 12.0 Å². The Bertz CT molecular complexity index is 1140. The summed E-state index contributed by atoms with van der Waals surface area (Å²) in [5, 5.41) is 5.11. The number of amides is 2. The lowest BCUT2D eigenvalue weighted by Gasteiger charge is -2.18. The first kappa shape index (κ1) is 16.9. The van der Waals surface area contributed by atoms with E-state index in [2.05, 4.69) is 15.6 Å². The predicted octanol–water partition coefficient (Wildman–Crippen LogP) is 2.06. The Balaban J connectivity index is 1.60. The van der Waals surface area contributed by atoms with Gasteiger partial charge < -0.3 is 10.6 Å². The maximum atomic E-state index is 14.3. The Labute approximate surface area is 152 Å². The molecule has 0 spiro atoms. The number of nitrogens with one attached hydrogen (secondary N) is 2. The maximum absolute atomic E-state index is 14.3. The fourth-order valence-corrected chi connectivity index (χ4v) is 3.11. The van der Waals surface area contributed by atoms with Crippen molar-refractivity contribution in [3.05, 3.63) is 64.3 Å². The van der Waals surface area contributed by atoms with Crippen LogP contribution in [0.5, 0.6) is 0 Å². The topological polar surface area (TPSA) is 93.1 Å². The molecule has 0 radical (unpaired) electrons. The van der Waals surface area contributed by atoms with Crippen molar-refractivity contribution in [3.63, 3.8) is 0 Å². The molecule has 0 saturated heterocycles. The van der Waals surface area contributed by atoms with Gasteiger partial charge in [-0.3, -0.25) is 19.0 Å². The number of hydrogen-bond acceptors (Lipinski definition) is 4. The number of aromatic nitrogens is 2. The Morgan fingerprint density at radius 3 is 2.89 bits per heavy atom. The third kappa shape index (κ3) is 3.29. The van der Waals surface area contributed by atoms with Gasteiger partial charge in [-0.1, -0.05) is 12.1 Å². The molecule has 4 rings (SSSR count). The first-order valence-electron chi connectivity index (χ1n) is 8.38. The SMILES string of the molecule is O=C(Cn1c(=O)cnc2ccccc21)Nc1cc2c(cc1F)NC(=O)CC2. The Morgan fingerprint density at radius 1 is 1.22 bits per heavy atom. The highest BCUT2D eigenvalue weighted by Crippen LogP contribution is 2.28. The molecule has 8 heteroatoms. The molecule has 1 aliphatic rings. The van der Waals surface area contributed by atoms with E-state index in [4.69, 9.17) is 0 Å². The van der Waals surface area contributed by atoms with Gasteiger partial charge in [0.25, 0.3) is 5.56 Å². The van der Waals surface area contributed by atoms with Crippen LogP contribution in [0.2, 0.25) is 0 Å². The molecule has 0 bridgehead atoms. The van der Waals surface area contributed by atoms with Crippen molar-refractivity contribution in [3.8, 4) is 0 Å². The molecule has 0 fully saturated rings. The van der Waals surface area contributed by atoms with Crippen molar-refractivity contribution in [2.45, 2.75) is 19.4 Å². The van der Waals surface area contributed by atoms with Crippen LogP contribution in [-0.2, 0) is 22.6 Å². The molecule has 136 valence electrons. The molecular weight excluding hydrogens is 351 g/mol. The van der Waals surface area contributed by atoms with E-state index in [9.17, 15) is 18.8 Å². The fourth-order valence-electron chi connectivity index (χ4n) is 3.11. The molecule has 7 nitrogen and oxygen atoms in total. The van der Waals surface area contributed by atoms with Gasteiger partial charge in [0.1, 0.15) is 12.4 Å². The van der Waals surface area contributed by atoms with Crippen LogP contribution in [-0.4, -0.2) is 21.4 Å². The lowest BCUT2D eigenvalue weighted by atomic mass is 10.0. The van der Waals surface area contributed by atoms with E-state index in [1.54, 1.807) is 24.3 Å². The molecule has 0 saturated carbocycles. The summed E-state index contributed by atoms with van der Waals surface area (Å²) in [6.45, 7) is -0.269. The average molecular weight is 366 g/mol. The standard InChI is InChI=1S/C19H15FN4O3/c20-12-8-14-11(5-6-17(25)22-14)7-15(12)23-18(26)10-24-16-4-2-1-3-13(16)21-9-19(24)27/h1-4,7-9H,5-6,10H2,(H,22,25)(H,23,26). The van der Waals surface area contributed by atoms with Gasteiger partial charge in [0.15, 0.2) is 0 Å². The number of anilines is 2. The first-order chi connectivity index (χ1) is 13.0. The van der Waals surface area contributed by atoms with Crippen molar-refractivity contribution in [1.29, 1.82) is 0 Å². The van der Waals surface area contributed by atoms with Gasteiger partial charge in [-0.25, -0.2) is 9.37 Å². The molecule has 1 aliphatic heterocycles. The molecule has 2 heterocycles. The van der Waals surface area contributed by atoms with Crippen LogP contribution in [0.15, 0.2) is 47.4 Å². The first-order valence-corrected chi connectivity index (χ1v) is 8.38. The van der Waals surface area contributed by atoms with Gasteiger partial charge in [0.05, 0.1) is 22.9 Å². The second kappa shape index (κ2) is 6.64. The van der Waals surface area contributed by atoms with Crippen LogP contribution < -0.4 is 16.2 Å². The molecule has 1 aromatic heterocycles. The van der Waals surface area contributed by atoms with Crippen molar-refractivity contribution in [2.24, 2.45) is 0 Å². The molecule has 2 amide bonds. The lowest BCUT2D eigenvalue weighted by molar-refractivity contribution is -0.117. The number of fused-ring (bicyclic) bond motifs is 2. The van der Waals surface area contributed by atoms with Gasteiger partial charge in [-0.2, -0.15) is 0 Å². The average Bonchev–Trinajstić information content (AvgIpc) is 2.65. The van der Waals surface area contributed by atoms with Gasteiger partial charge >= 0.3 is 0 Å². The minimum atomic E-state index is -0.656. The number of aryl methyl sites for hydroxylation is 1. The number of nitrogens with zero attached hydrogens (tertiary/aromatic N) is 2. The van der Waals surface area contributed by atoms with Crippen LogP contribution >= 0.6 is 0 Å². The minimum Gasteiger partial charge on any atom is -0.326 e. The summed E-state index contributed by atoms with van der Waals surface area (Å²) in [6.07, 6.45) is 1.93. The van der Waals surface area contributed by atoms with E-state index in [0.29, 0.717) is 29.6 Å². The molecule has 3 aromatic rings. The number of carbonyl (C=O) groups excluding carboxylic acids is 2. The molecule has 2 aromatic carbocycles. The zero-order chi connectivity index (χ0) is 19.0. The molecule has 0 atom stereocenters. The van der Waals surface area contributed by atoms with E-state index < -0.39 is 17.3 Å². The van der Waals surface area contributed by atoms with Crippen molar-refractivity contribution in [1.82, 2.24) is 9.55 Å². The van der Waals surface area contributed by atoms with Gasteiger partial charge in [-0.05, 0) is 36.2 Å². The number of benzene rings is 2. The molecule has 2 N–H and O–H groups in total. The zero-order valence-corrected chi connectivity index (χ0v) is 14.2. The number of halogens is 1. The highest BCUT2D eigenvalue weighted by molar-refractivity contribution is 5.96. The summed E-state index contributed by atoms with van der Waals surface area (Å²) in [6, 6.07) is 9.66. The quantitative estimate of drug-likeness (QED) is 0.742. The third-order valence-corrected chi connectivity index (χ3v) is 4.42. The molecular formula is C19H15FN4O3. The summed E-state index contributed by atoms with van der Waals surface area (Å²) in [4.78, 5) is 40.0. The Kier molecular flexibility index (Phi) is 4.15. The highest BCUT2D eigenvalue weighted by atomic mass is 19.1. The van der Waals surface area contributed by atoms with Crippen molar-refractivity contribution < 1.29 is 14.0 Å². The smallest absolute Gasteiger partial charge is 0.269 e. The minimum absolute atomic E-state index is 0.0151. The summed E-state index contributed by atoms with van der Waals surface area (Å²) in [5.41, 5.74) is 1.86. The molecule has 0 aliphatic carbocycles. The van der Waals surface area contributed by atoms with E-state index in [0.717, 1.165) is 11.8 Å². The summed E-state index contributed by atoms with van der Waals surface area (Å²) in [5.74, 6) is -1.36. The summed E-state index contributed by atoms with van der Waals surface area (Å²) < 4.78 is 15.6. The second-order valence-electron chi connectivity index (χ2n) is 6.26. The van der Waals surface area contributed by atoms with Crippen LogP contribution in [0.3, 0.4) is 0 Å². The van der Waals surface area contributed by atoms with Crippen molar-refractivity contribution in [2.75, 3.05) is 10.6 Å². The molecule has 0 unspecified atom stereocenters. The van der Waals surface area contributed by atoms with Crippen LogP contribution in [0, 0.1) is 5.82 Å². The third-order valence-electron chi connectivity index (χ3n) is 4.42. The number of hydrogen-bond donors (Lipinski definition) is 2. The van der Waals surface area contributed by atoms with Crippen LogP contribution in [0.25, 0.3) is 11.0 Å². The summed E-state index contributed by atoms with van der Waals surface area (Å²) >= 11 is 0. The van der Waals surface area contributed by atoms with E-state index >= 15 is 0 Å². The molecule has 27 heavy (non-hydrogen) atoms. The Hall–Kier alpha value is -3.55. The second-order valence-corrected chi connectivity index (χ2v) is 6.26. The maximum Gasteiger partial charge on any atom is 0.269 e. The van der Waals surface area contributed by atoms with Gasteiger partial charge in [-0.15, -0.1) is 0 Å². The zero-order valence-electron chi connectivity index (χ0n) is 14.2. The predicted molar refractivity (Wildman–Crippen MR) is 98.0 cm³/mol.